The first-order valence-electron chi connectivity index (χ1n) is 7.14. The largest absolute Gasteiger partial charge is 0.378 e. The van der Waals surface area contributed by atoms with Gasteiger partial charge >= 0.3 is 0 Å². The molecule has 21 heavy (non-hydrogen) atoms. The summed E-state index contributed by atoms with van der Waals surface area (Å²) in [5.41, 5.74) is 8.47. The van der Waals surface area contributed by atoms with Gasteiger partial charge in [0.2, 0.25) is 11.8 Å². The fourth-order valence-electron chi connectivity index (χ4n) is 2.89. The number of amides is 2. The molecule has 0 aliphatic carbocycles. The molecule has 3 unspecified atom stereocenters. The molecule has 0 aromatic heterocycles. The van der Waals surface area contributed by atoms with Crippen molar-refractivity contribution in [1.29, 1.82) is 0 Å². The van der Waals surface area contributed by atoms with E-state index in [1.165, 1.54) is 0 Å². The highest BCUT2D eigenvalue weighted by Gasteiger charge is 2.29. The zero-order valence-corrected chi connectivity index (χ0v) is 11.9. The van der Waals surface area contributed by atoms with Crippen molar-refractivity contribution in [3.8, 4) is 0 Å². The number of fused-ring (bicyclic) bond motifs is 1. The van der Waals surface area contributed by atoms with Crippen molar-refractivity contribution in [2.75, 3.05) is 17.2 Å². The minimum Gasteiger partial charge on any atom is -0.378 e. The highest BCUT2D eigenvalue weighted by molar-refractivity contribution is 6.13. The molecule has 6 heteroatoms. The highest BCUT2D eigenvalue weighted by Crippen LogP contribution is 2.33. The van der Waals surface area contributed by atoms with Crippen LogP contribution in [0, 0.1) is 5.92 Å². The van der Waals surface area contributed by atoms with Crippen molar-refractivity contribution in [2.45, 2.75) is 31.9 Å². The van der Waals surface area contributed by atoms with Crippen LogP contribution in [0.5, 0.6) is 0 Å². The summed E-state index contributed by atoms with van der Waals surface area (Å²) in [7, 11) is 0. The summed E-state index contributed by atoms with van der Waals surface area (Å²) in [6.45, 7) is 2.70. The Hall–Kier alpha value is -1.92. The van der Waals surface area contributed by atoms with Crippen molar-refractivity contribution in [2.24, 2.45) is 11.7 Å². The van der Waals surface area contributed by atoms with Gasteiger partial charge in [-0.25, -0.2) is 0 Å². The molecule has 3 rings (SSSR count). The summed E-state index contributed by atoms with van der Waals surface area (Å²) in [5, 5.41) is 5.45. The zero-order valence-electron chi connectivity index (χ0n) is 11.9. The maximum Gasteiger partial charge on any atom is 0.233 e. The molecule has 0 saturated carbocycles. The number of nitrogens with two attached hydrogens (primary N) is 1. The Balaban J connectivity index is 1.85. The van der Waals surface area contributed by atoms with Gasteiger partial charge < -0.3 is 21.1 Å². The molecule has 6 nitrogen and oxygen atoms in total. The van der Waals surface area contributed by atoms with Gasteiger partial charge in [0, 0.05) is 12.0 Å². The summed E-state index contributed by atoms with van der Waals surface area (Å²) in [6, 6.07) is 5.38. The topological polar surface area (TPSA) is 93.5 Å². The van der Waals surface area contributed by atoms with E-state index in [2.05, 4.69) is 10.6 Å². The average Bonchev–Trinajstić information content (AvgIpc) is 2.79. The number of hydrogen-bond donors (Lipinski definition) is 3. The number of benzene rings is 1. The molecule has 2 aliphatic heterocycles. The van der Waals surface area contributed by atoms with Gasteiger partial charge in [0.1, 0.15) is 6.42 Å². The van der Waals surface area contributed by atoms with E-state index < -0.39 is 0 Å². The molecular formula is C15H19N3O3. The van der Waals surface area contributed by atoms with Gasteiger partial charge in [-0.1, -0.05) is 6.07 Å². The smallest absolute Gasteiger partial charge is 0.233 e. The molecule has 1 fully saturated rings. The Kier molecular flexibility index (Phi) is 3.65. The quantitative estimate of drug-likeness (QED) is 0.717. The summed E-state index contributed by atoms with van der Waals surface area (Å²) in [4.78, 5) is 23.1. The molecule has 2 aliphatic rings. The van der Waals surface area contributed by atoms with Crippen molar-refractivity contribution in [1.82, 2.24) is 0 Å². The van der Waals surface area contributed by atoms with Crippen LogP contribution in [0.4, 0.5) is 11.4 Å². The number of anilines is 2. The van der Waals surface area contributed by atoms with E-state index in [0.717, 1.165) is 12.0 Å². The first kappa shape index (κ1) is 14.0. The van der Waals surface area contributed by atoms with Crippen LogP contribution in [-0.2, 0) is 14.3 Å². The van der Waals surface area contributed by atoms with Gasteiger partial charge in [0.05, 0.1) is 24.1 Å². The Morgan fingerprint density at radius 1 is 1.24 bits per heavy atom. The minimum absolute atomic E-state index is 0.142. The first-order chi connectivity index (χ1) is 10.0. The van der Waals surface area contributed by atoms with Crippen molar-refractivity contribution in [3.63, 3.8) is 0 Å². The van der Waals surface area contributed by atoms with Crippen molar-refractivity contribution in [3.05, 3.63) is 23.8 Å². The molecule has 112 valence electrons. The molecule has 1 aromatic carbocycles. The third-order valence-electron chi connectivity index (χ3n) is 4.04. The van der Waals surface area contributed by atoms with Gasteiger partial charge in [-0.3, -0.25) is 9.59 Å². The third kappa shape index (κ3) is 2.91. The van der Waals surface area contributed by atoms with Gasteiger partial charge in [-0.05, 0) is 31.0 Å². The minimum atomic E-state index is -0.310. The predicted molar refractivity (Wildman–Crippen MR) is 78.8 cm³/mol. The maximum atomic E-state index is 11.6. The lowest BCUT2D eigenvalue weighted by Crippen LogP contribution is -2.22. The number of nitrogens with one attached hydrogen (secondary N) is 2. The number of carbonyl (C=O) groups excluding carboxylic acids is 2. The summed E-state index contributed by atoms with van der Waals surface area (Å²) < 4.78 is 5.57. The zero-order chi connectivity index (χ0) is 15.0. The van der Waals surface area contributed by atoms with Crippen LogP contribution in [0.1, 0.15) is 31.4 Å². The molecule has 3 atom stereocenters. The fraction of sp³-hybridized carbons (Fsp3) is 0.467. The van der Waals surface area contributed by atoms with E-state index >= 15 is 0 Å². The number of hydrogen-bond acceptors (Lipinski definition) is 4. The van der Waals surface area contributed by atoms with Gasteiger partial charge in [0.25, 0.3) is 0 Å². The fourth-order valence-corrected chi connectivity index (χ4v) is 2.89. The lowest BCUT2D eigenvalue weighted by molar-refractivity contribution is -0.123. The normalized spacial score (nSPS) is 26.6. The van der Waals surface area contributed by atoms with E-state index in [1.807, 2.05) is 19.1 Å². The second-order valence-electron chi connectivity index (χ2n) is 5.74. The molecule has 0 bridgehead atoms. The summed E-state index contributed by atoms with van der Waals surface area (Å²) in [6.07, 6.45) is 1.01. The molecule has 4 N–H and O–H groups in total. The van der Waals surface area contributed by atoms with Crippen LogP contribution in [0.15, 0.2) is 18.2 Å². The van der Waals surface area contributed by atoms with Crippen molar-refractivity contribution >= 4 is 23.2 Å². The van der Waals surface area contributed by atoms with Crippen LogP contribution >= 0.6 is 0 Å². The summed E-state index contributed by atoms with van der Waals surface area (Å²) in [5.74, 6) is -0.342. The average molecular weight is 289 g/mol. The summed E-state index contributed by atoms with van der Waals surface area (Å²) >= 11 is 0. The molecule has 2 amide bonds. The van der Waals surface area contributed by atoms with Crippen molar-refractivity contribution < 1.29 is 14.3 Å². The third-order valence-corrected chi connectivity index (χ3v) is 4.04. The van der Waals surface area contributed by atoms with E-state index in [0.29, 0.717) is 18.0 Å². The van der Waals surface area contributed by atoms with E-state index in [9.17, 15) is 9.59 Å². The Labute approximate surface area is 123 Å². The number of carbonyl (C=O) groups is 2. The van der Waals surface area contributed by atoms with Crippen LogP contribution in [0.3, 0.4) is 0 Å². The molecule has 0 radical (unpaired) electrons. The molecule has 2 heterocycles. The first-order valence-corrected chi connectivity index (χ1v) is 7.14. The van der Waals surface area contributed by atoms with E-state index in [-0.39, 0.29) is 36.3 Å². The number of ether oxygens (including phenoxy) is 1. The Bertz CT molecular complexity index is 588. The molecular weight excluding hydrogens is 270 g/mol. The lowest BCUT2D eigenvalue weighted by atomic mass is 9.91. The second-order valence-corrected chi connectivity index (χ2v) is 5.74. The number of rotatable bonds is 2. The van der Waals surface area contributed by atoms with E-state index in [1.54, 1.807) is 6.07 Å². The van der Waals surface area contributed by atoms with Crippen LogP contribution in [-0.4, -0.2) is 24.5 Å². The van der Waals surface area contributed by atoms with Gasteiger partial charge in [0.15, 0.2) is 0 Å². The van der Waals surface area contributed by atoms with Crippen LogP contribution in [0.2, 0.25) is 0 Å². The van der Waals surface area contributed by atoms with Crippen LogP contribution < -0.4 is 16.4 Å². The highest BCUT2D eigenvalue weighted by atomic mass is 16.5. The Morgan fingerprint density at radius 2 is 1.95 bits per heavy atom. The standard InChI is InChI=1S/C15H19N3O3/c1-8-4-10(7-21-8)15(16)9-2-3-11-12(5-9)18-14(20)6-13(19)17-11/h2-3,5,8,10,15H,4,6-7,16H2,1H3,(H,17,19)(H,18,20). The Morgan fingerprint density at radius 3 is 2.62 bits per heavy atom. The maximum absolute atomic E-state index is 11.6. The van der Waals surface area contributed by atoms with E-state index in [4.69, 9.17) is 10.5 Å². The SMILES string of the molecule is CC1CC(C(N)c2ccc3c(c2)NC(=O)CC(=O)N3)CO1. The monoisotopic (exact) mass is 289 g/mol. The predicted octanol–water partition coefficient (Wildman–Crippen LogP) is 1.39. The van der Waals surface area contributed by atoms with Gasteiger partial charge in [-0.15, -0.1) is 0 Å². The van der Waals surface area contributed by atoms with Crippen LogP contribution in [0.25, 0.3) is 0 Å². The van der Waals surface area contributed by atoms with Gasteiger partial charge in [-0.2, -0.15) is 0 Å². The lowest BCUT2D eigenvalue weighted by Gasteiger charge is -2.19. The molecule has 0 spiro atoms. The second kappa shape index (κ2) is 5.46. The molecule has 1 saturated heterocycles. The molecule has 1 aromatic rings.